The minimum Gasteiger partial charge on any atom is -0.383 e. The van der Waals surface area contributed by atoms with Crippen molar-refractivity contribution >= 4 is 28.2 Å². The Hall–Kier alpha value is -1.43. The maximum atomic E-state index is 6.10. The van der Waals surface area contributed by atoms with E-state index in [1.54, 1.807) is 14.2 Å². The quantitative estimate of drug-likeness (QED) is 0.785. The van der Waals surface area contributed by atoms with Crippen molar-refractivity contribution in [3.8, 4) is 0 Å². The first-order valence-corrected chi connectivity index (χ1v) is 6.79. The fraction of sp³-hybridized carbons (Fsp3) is 0.429. The summed E-state index contributed by atoms with van der Waals surface area (Å²) in [5.74, 6) is 0.805. The minimum absolute atomic E-state index is 0.419. The lowest BCUT2D eigenvalue weighted by Crippen LogP contribution is -2.31. The van der Waals surface area contributed by atoms with Gasteiger partial charge in [0, 0.05) is 38.1 Å². The van der Waals surface area contributed by atoms with Gasteiger partial charge in [0.05, 0.1) is 13.2 Å². The van der Waals surface area contributed by atoms with Crippen molar-refractivity contribution in [1.82, 2.24) is 10.2 Å². The first-order valence-electron chi connectivity index (χ1n) is 6.41. The predicted molar refractivity (Wildman–Crippen MR) is 80.5 cm³/mol. The molecule has 1 aromatic heterocycles. The fourth-order valence-corrected chi connectivity index (χ4v) is 2.22. The monoisotopic (exact) mass is 295 g/mol. The van der Waals surface area contributed by atoms with Gasteiger partial charge >= 0.3 is 0 Å². The third-order valence-corrected chi connectivity index (χ3v) is 3.33. The standard InChI is InChI=1S/C14H18ClN3O2/c1-19-9-7-18(8-10-20-2)14-12-6-4-3-5-11(12)13(15)16-17-14/h3-6H,7-10H2,1-2H3. The second kappa shape index (κ2) is 7.38. The Bertz CT molecular complexity index is 557. The summed E-state index contributed by atoms with van der Waals surface area (Å²) in [4.78, 5) is 2.10. The molecule has 0 radical (unpaired) electrons. The Morgan fingerprint density at radius 3 is 2.20 bits per heavy atom. The number of nitrogens with zero attached hydrogens (tertiary/aromatic N) is 3. The molecule has 0 atom stereocenters. The molecule has 0 amide bonds. The highest BCUT2D eigenvalue weighted by molar-refractivity contribution is 6.34. The Kier molecular flexibility index (Phi) is 5.52. The van der Waals surface area contributed by atoms with Gasteiger partial charge in [-0.25, -0.2) is 0 Å². The summed E-state index contributed by atoms with van der Waals surface area (Å²) in [6.45, 7) is 2.67. The van der Waals surface area contributed by atoms with Crippen molar-refractivity contribution in [2.75, 3.05) is 45.4 Å². The summed E-state index contributed by atoms with van der Waals surface area (Å²) in [6, 6.07) is 7.85. The number of anilines is 1. The van der Waals surface area contributed by atoms with Gasteiger partial charge in [-0.3, -0.25) is 0 Å². The number of aromatic nitrogens is 2. The highest BCUT2D eigenvalue weighted by Gasteiger charge is 2.14. The van der Waals surface area contributed by atoms with Crippen LogP contribution in [-0.4, -0.2) is 50.7 Å². The van der Waals surface area contributed by atoms with Gasteiger partial charge in [0.25, 0.3) is 0 Å². The molecule has 0 bridgehead atoms. The van der Waals surface area contributed by atoms with E-state index in [-0.39, 0.29) is 0 Å². The van der Waals surface area contributed by atoms with Gasteiger partial charge in [0.15, 0.2) is 11.0 Å². The summed E-state index contributed by atoms with van der Waals surface area (Å²) >= 11 is 6.10. The molecule has 0 saturated carbocycles. The molecule has 0 aliphatic carbocycles. The van der Waals surface area contributed by atoms with Gasteiger partial charge in [0.2, 0.25) is 0 Å². The topological polar surface area (TPSA) is 47.5 Å². The van der Waals surface area contributed by atoms with Crippen LogP contribution in [0.5, 0.6) is 0 Å². The summed E-state index contributed by atoms with van der Waals surface area (Å²) in [7, 11) is 3.36. The fourth-order valence-electron chi connectivity index (χ4n) is 2.02. The Balaban J connectivity index is 2.38. The van der Waals surface area contributed by atoms with Gasteiger partial charge in [-0.05, 0) is 0 Å². The van der Waals surface area contributed by atoms with E-state index < -0.39 is 0 Å². The zero-order chi connectivity index (χ0) is 14.4. The number of benzene rings is 1. The molecule has 0 aliphatic rings. The molecule has 6 heteroatoms. The highest BCUT2D eigenvalue weighted by Crippen LogP contribution is 2.27. The summed E-state index contributed by atoms with van der Waals surface area (Å²) in [5, 5.41) is 10.6. The van der Waals surface area contributed by atoms with E-state index in [0.717, 1.165) is 29.7 Å². The van der Waals surface area contributed by atoms with Crippen molar-refractivity contribution in [2.24, 2.45) is 0 Å². The largest absolute Gasteiger partial charge is 0.383 e. The van der Waals surface area contributed by atoms with E-state index in [9.17, 15) is 0 Å². The van der Waals surface area contributed by atoms with Crippen LogP contribution in [0.2, 0.25) is 5.15 Å². The molecular weight excluding hydrogens is 278 g/mol. The molecular formula is C14H18ClN3O2. The number of hydrogen-bond donors (Lipinski definition) is 0. The number of methoxy groups -OCH3 is 2. The van der Waals surface area contributed by atoms with Crippen LogP contribution < -0.4 is 4.90 Å². The molecule has 5 nitrogen and oxygen atoms in total. The summed E-state index contributed by atoms with van der Waals surface area (Å²) in [5.41, 5.74) is 0. The molecule has 1 aromatic carbocycles. The van der Waals surface area contributed by atoms with Crippen LogP contribution in [0, 0.1) is 0 Å². The number of rotatable bonds is 7. The molecule has 108 valence electrons. The lowest BCUT2D eigenvalue weighted by Gasteiger charge is -2.23. The average molecular weight is 296 g/mol. The van der Waals surface area contributed by atoms with E-state index in [2.05, 4.69) is 15.1 Å². The molecule has 2 aromatic rings. The van der Waals surface area contributed by atoms with Crippen molar-refractivity contribution in [3.63, 3.8) is 0 Å². The molecule has 0 unspecified atom stereocenters. The number of ether oxygens (including phenoxy) is 2. The SMILES string of the molecule is COCCN(CCOC)c1nnc(Cl)c2ccccc12. The number of hydrogen-bond acceptors (Lipinski definition) is 5. The molecule has 0 fully saturated rings. The third-order valence-electron chi connectivity index (χ3n) is 3.05. The molecule has 0 aliphatic heterocycles. The van der Waals surface area contributed by atoms with Gasteiger partial charge in [-0.2, -0.15) is 0 Å². The summed E-state index contributed by atoms with van der Waals surface area (Å²) < 4.78 is 10.3. The maximum Gasteiger partial charge on any atom is 0.159 e. The van der Waals surface area contributed by atoms with Crippen LogP contribution in [0.3, 0.4) is 0 Å². The highest BCUT2D eigenvalue weighted by atomic mass is 35.5. The Morgan fingerprint density at radius 1 is 1.00 bits per heavy atom. The molecule has 1 heterocycles. The van der Waals surface area contributed by atoms with Crippen LogP contribution in [-0.2, 0) is 9.47 Å². The second-order valence-electron chi connectivity index (χ2n) is 4.33. The molecule has 0 N–H and O–H groups in total. The zero-order valence-corrected chi connectivity index (χ0v) is 12.4. The first-order chi connectivity index (χ1) is 9.77. The maximum absolute atomic E-state index is 6.10. The van der Waals surface area contributed by atoms with E-state index in [1.807, 2.05) is 24.3 Å². The second-order valence-corrected chi connectivity index (χ2v) is 4.69. The smallest absolute Gasteiger partial charge is 0.159 e. The van der Waals surface area contributed by atoms with Gasteiger partial charge in [-0.1, -0.05) is 35.9 Å². The third kappa shape index (κ3) is 3.36. The predicted octanol–water partition coefficient (Wildman–Crippen LogP) is 2.38. The van der Waals surface area contributed by atoms with E-state index in [0.29, 0.717) is 18.4 Å². The Morgan fingerprint density at radius 2 is 1.60 bits per heavy atom. The van der Waals surface area contributed by atoms with Crippen LogP contribution in [0.1, 0.15) is 0 Å². The molecule has 2 rings (SSSR count). The molecule has 0 saturated heterocycles. The number of fused-ring (bicyclic) bond motifs is 1. The van der Waals surface area contributed by atoms with Crippen LogP contribution in [0.25, 0.3) is 10.8 Å². The minimum atomic E-state index is 0.419. The zero-order valence-electron chi connectivity index (χ0n) is 11.7. The Labute approximate surface area is 123 Å². The van der Waals surface area contributed by atoms with Crippen molar-refractivity contribution in [2.45, 2.75) is 0 Å². The lowest BCUT2D eigenvalue weighted by molar-refractivity contribution is 0.190. The van der Waals surface area contributed by atoms with Crippen molar-refractivity contribution < 1.29 is 9.47 Å². The van der Waals surface area contributed by atoms with Crippen molar-refractivity contribution in [3.05, 3.63) is 29.4 Å². The first kappa shape index (κ1) is 15.0. The van der Waals surface area contributed by atoms with Crippen LogP contribution >= 0.6 is 11.6 Å². The number of halogens is 1. The lowest BCUT2D eigenvalue weighted by atomic mass is 10.2. The molecule has 0 spiro atoms. The van der Waals surface area contributed by atoms with E-state index in [4.69, 9.17) is 21.1 Å². The van der Waals surface area contributed by atoms with Gasteiger partial charge in [-0.15, -0.1) is 10.2 Å². The van der Waals surface area contributed by atoms with Gasteiger partial charge in [0.1, 0.15) is 0 Å². The van der Waals surface area contributed by atoms with Crippen LogP contribution in [0.15, 0.2) is 24.3 Å². The van der Waals surface area contributed by atoms with Crippen LogP contribution in [0.4, 0.5) is 5.82 Å². The van der Waals surface area contributed by atoms with Crippen molar-refractivity contribution in [1.29, 1.82) is 0 Å². The van der Waals surface area contributed by atoms with E-state index >= 15 is 0 Å². The normalized spacial score (nSPS) is 10.9. The summed E-state index contributed by atoms with van der Waals surface area (Å²) in [6.07, 6.45) is 0. The van der Waals surface area contributed by atoms with Gasteiger partial charge < -0.3 is 14.4 Å². The van der Waals surface area contributed by atoms with E-state index in [1.165, 1.54) is 0 Å². The average Bonchev–Trinajstić information content (AvgIpc) is 2.49. The molecule has 20 heavy (non-hydrogen) atoms.